The molecule has 34 heavy (non-hydrogen) atoms. The number of nitrogens with two attached hydrogens (primary N) is 1. The molecule has 0 aliphatic rings. The molecule has 0 aliphatic heterocycles. The Morgan fingerprint density at radius 2 is 2.00 bits per heavy atom. The molecule has 2 atom stereocenters. The summed E-state index contributed by atoms with van der Waals surface area (Å²) in [6, 6.07) is 16.7. The number of nitro groups is 1. The normalized spacial score (nSPS) is 12.6. The molecule has 2 aromatic heterocycles. The quantitative estimate of drug-likeness (QED) is 0.309. The highest BCUT2D eigenvalue weighted by atomic mass is 32.1. The lowest BCUT2D eigenvalue weighted by Crippen LogP contribution is -2.31. The molecule has 0 bridgehead atoms. The van der Waals surface area contributed by atoms with Gasteiger partial charge >= 0.3 is 0 Å². The first kappa shape index (κ1) is 22.6. The van der Waals surface area contributed by atoms with Crippen molar-refractivity contribution in [2.24, 2.45) is 11.7 Å². The fourth-order valence-corrected chi connectivity index (χ4v) is 4.62. The molecular weight excluding hydrogens is 456 g/mol. The second kappa shape index (κ2) is 9.13. The monoisotopic (exact) mass is 474 g/mol. The molecule has 11 heteroatoms. The minimum Gasteiger partial charge on any atom is -0.369 e. The van der Waals surface area contributed by atoms with E-state index >= 15 is 0 Å². The molecule has 170 valence electrons. The second-order valence-electron chi connectivity index (χ2n) is 7.51. The third kappa shape index (κ3) is 4.10. The Hall–Kier alpha value is -4.56. The molecule has 0 radical (unpaired) electrons. The van der Waals surface area contributed by atoms with Crippen molar-refractivity contribution in [2.45, 2.75) is 12.8 Å². The van der Waals surface area contributed by atoms with Gasteiger partial charge in [0.25, 0.3) is 11.2 Å². The van der Waals surface area contributed by atoms with E-state index in [9.17, 15) is 25.0 Å². The fraction of sp³-hybridized carbons (Fsp3) is 0.130. The van der Waals surface area contributed by atoms with Crippen LogP contribution >= 0.6 is 11.3 Å². The Morgan fingerprint density at radius 3 is 2.65 bits per heavy atom. The number of carbonyl (C=O) groups is 1. The van der Waals surface area contributed by atoms with E-state index in [2.05, 4.69) is 10.1 Å². The number of hydrogen-bond donors (Lipinski definition) is 2. The van der Waals surface area contributed by atoms with E-state index in [0.29, 0.717) is 27.6 Å². The van der Waals surface area contributed by atoms with Crippen LogP contribution in [0.2, 0.25) is 0 Å². The topological polar surface area (TPSA) is 161 Å². The number of non-ortho nitro benzene ring substituents is 1. The summed E-state index contributed by atoms with van der Waals surface area (Å²) in [6.07, 6.45) is 0. The van der Waals surface area contributed by atoms with Crippen molar-refractivity contribution in [3.63, 3.8) is 0 Å². The van der Waals surface area contributed by atoms with Gasteiger partial charge in [-0.05, 0) is 12.5 Å². The van der Waals surface area contributed by atoms with Crippen LogP contribution in [0, 0.1) is 34.3 Å². The zero-order valence-electron chi connectivity index (χ0n) is 17.8. The Balaban J connectivity index is 1.81. The molecule has 4 aromatic rings. The van der Waals surface area contributed by atoms with Crippen LogP contribution in [0.5, 0.6) is 0 Å². The van der Waals surface area contributed by atoms with Crippen molar-refractivity contribution in [1.82, 2.24) is 14.8 Å². The van der Waals surface area contributed by atoms with Gasteiger partial charge < -0.3 is 5.73 Å². The predicted molar refractivity (Wildman–Crippen MR) is 125 cm³/mol. The van der Waals surface area contributed by atoms with Gasteiger partial charge in [-0.15, -0.1) is 11.3 Å². The molecule has 0 fully saturated rings. The summed E-state index contributed by atoms with van der Waals surface area (Å²) in [5.41, 5.74) is 7.29. The predicted octanol–water partition coefficient (Wildman–Crippen LogP) is 3.26. The molecule has 10 nitrogen and oxygen atoms in total. The molecular formula is C23H18N6O4S. The van der Waals surface area contributed by atoms with Gasteiger partial charge in [0.2, 0.25) is 11.0 Å². The number of nitro benzene ring substituents is 1. The average Bonchev–Trinajstić information content (AvgIpc) is 3.42. The number of hydrogen-bond acceptors (Lipinski definition) is 7. The lowest BCUT2D eigenvalue weighted by molar-refractivity contribution is -0.384. The molecule has 0 saturated heterocycles. The van der Waals surface area contributed by atoms with Gasteiger partial charge in [-0.2, -0.15) is 9.94 Å². The summed E-state index contributed by atoms with van der Waals surface area (Å²) in [7, 11) is 0. The molecule has 0 aliphatic carbocycles. The van der Waals surface area contributed by atoms with Gasteiger partial charge in [0.05, 0.1) is 16.7 Å². The van der Waals surface area contributed by atoms with Crippen LogP contribution in [-0.2, 0) is 4.79 Å². The van der Waals surface area contributed by atoms with Gasteiger partial charge in [0, 0.05) is 40.3 Å². The van der Waals surface area contributed by atoms with Gasteiger partial charge in [0.1, 0.15) is 5.92 Å². The third-order valence-corrected chi connectivity index (χ3v) is 6.23. The summed E-state index contributed by atoms with van der Waals surface area (Å²) in [5.74, 6) is -2.95. The first-order chi connectivity index (χ1) is 16.3. The third-order valence-electron chi connectivity index (χ3n) is 5.40. The number of nitrogens with zero attached hydrogens (tertiary/aromatic N) is 4. The molecule has 3 N–H and O–H groups in total. The zero-order chi connectivity index (χ0) is 24.4. The van der Waals surface area contributed by atoms with Gasteiger partial charge in [-0.3, -0.25) is 24.8 Å². The summed E-state index contributed by atoms with van der Waals surface area (Å²) < 4.78 is 1.24. The fourth-order valence-electron chi connectivity index (χ4n) is 3.83. The number of H-pyrrole nitrogens is 1. The maximum atomic E-state index is 13.5. The highest BCUT2D eigenvalue weighted by molar-refractivity contribution is 7.12. The van der Waals surface area contributed by atoms with Crippen molar-refractivity contribution in [2.75, 3.05) is 0 Å². The Morgan fingerprint density at radius 1 is 1.26 bits per heavy atom. The molecule has 2 aromatic carbocycles. The lowest BCUT2D eigenvalue weighted by Gasteiger charge is -2.19. The van der Waals surface area contributed by atoms with E-state index in [1.807, 2.05) is 6.07 Å². The molecule has 1 amide bonds. The van der Waals surface area contributed by atoms with Crippen LogP contribution in [-0.4, -0.2) is 25.6 Å². The number of amides is 1. The van der Waals surface area contributed by atoms with E-state index in [0.717, 1.165) is 0 Å². The van der Waals surface area contributed by atoms with Crippen molar-refractivity contribution in [1.29, 1.82) is 5.26 Å². The second-order valence-corrected chi connectivity index (χ2v) is 8.35. The SMILES string of the molecule is Cc1[nH]n(-c2nc(-c3cccc([N+](=O)[O-])c3)cs2)c(=O)c1[C@@H](c1ccccc1)[C@H](C#N)C(N)=O. The Labute approximate surface area is 197 Å². The number of aromatic amines is 1. The maximum Gasteiger partial charge on any atom is 0.277 e. The molecule has 2 heterocycles. The number of carbonyl (C=O) groups excluding carboxylic acids is 1. The minimum absolute atomic E-state index is 0.0677. The van der Waals surface area contributed by atoms with Gasteiger partial charge in [0.15, 0.2) is 0 Å². The van der Waals surface area contributed by atoms with Crippen molar-refractivity contribution in [3.8, 4) is 22.5 Å². The number of thiazole rings is 1. The van der Waals surface area contributed by atoms with Gasteiger partial charge in [-0.1, -0.05) is 42.5 Å². The van der Waals surface area contributed by atoms with E-state index < -0.39 is 28.2 Å². The van der Waals surface area contributed by atoms with E-state index in [-0.39, 0.29) is 11.3 Å². The number of nitrogens with one attached hydrogen (secondary N) is 1. The highest BCUT2D eigenvalue weighted by Crippen LogP contribution is 2.33. The molecule has 0 spiro atoms. The first-order valence-electron chi connectivity index (χ1n) is 10.1. The van der Waals surface area contributed by atoms with Gasteiger partial charge in [-0.25, -0.2) is 4.98 Å². The zero-order valence-corrected chi connectivity index (χ0v) is 18.7. The smallest absolute Gasteiger partial charge is 0.277 e. The van der Waals surface area contributed by atoms with Crippen LogP contribution in [0.1, 0.15) is 22.7 Å². The standard InChI is InChI=1S/C23H18N6O4S/c1-13-19(20(17(11-24)21(25)30)14-6-3-2-4-7-14)22(31)28(27-13)23-26-18(12-34-23)15-8-5-9-16(10-15)29(32)33/h2-10,12,17,20,27H,1H3,(H2,25,30)/t17-,20-/m0/s1. The van der Waals surface area contributed by atoms with Crippen LogP contribution in [0.25, 0.3) is 16.4 Å². The molecule has 4 rings (SSSR count). The number of primary amides is 1. The minimum atomic E-state index is -1.25. The average molecular weight is 475 g/mol. The lowest BCUT2D eigenvalue weighted by atomic mass is 9.81. The van der Waals surface area contributed by atoms with E-state index in [4.69, 9.17) is 5.73 Å². The summed E-state index contributed by atoms with van der Waals surface area (Å²) in [6.45, 7) is 1.67. The summed E-state index contributed by atoms with van der Waals surface area (Å²) in [5, 5.41) is 25.7. The number of rotatable bonds is 7. The highest BCUT2D eigenvalue weighted by Gasteiger charge is 2.34. The number of benzene rings is 2. The Bertz CT molecular complexity index is 1480. The van der Waals surface area contributed by atoms with Crippen LogP contribution < -0.4 is 11.3 Å². The number of aryl methyl sites for hydroxylation is 1. The Kier molecular flexibility index (Phi) is 6.07. The van der Waals surface area contributed by atoms with Crippen LogP contribution in [0.15, 0.2) is 64.8 Å². The van der Waals surface area contributed by atoms with Crippen molar-refractivity contribution in [3.05, 3.63) is 97.3 Å². The maximum absolute atomic E-state index is 13.5. The summed E-state index contributed by atoms with van der Waals surface area (Å²) in [4.78, 5) is 40.6. The van der Waals surface area contributed by atoms with E-state index in [1.165, 1.54) is 28.2 Å². The largest absolute Gasteiger partial charge is 0.369 e. The van der Waals surface area contributed by atoms with E-state index in [1.54, 1.807) is 54.8 Å². The molecule has 0 unspecified atom stereocenters. The van der Waals surface area contributed by atoms with Crippen LogP contribution in [0.3, 0.4) is 0 Å². The number of nitriles is 1. The van der Waals surface area contributed by atoms with Crippen molar-refractivity contribution >= 4 is 22.9 Å². The number of aromatic nitrogens is 3. The van der Waals surface area contributed by atoms with Crippen LogP contribution in [0.4, 0.5) is 5.69 Å². The van der Waals surface area contributed by atoms with Crippen molar-refractivity contribution < 1.29 is 9.72 Å². The molecule has 0 saturated carbocycles. The first-order valence-corrected chi connectivity index (χ1v) is 11.0. The summed E-state index contributed by atoms with van der Waals surface area (Å²) >= 11 is 1.17.